The molecule has 0 unspecified atom stereocenters. The highest BCUT2D eigenvalue weighted by Gasteiger charge is 2.07. The Kier molecular flexibility index (Phi) is 5.63. The van der Waals surface area contributed by atoms with E-state index in [4.69, 9.17) is 4.74 Å². The maximum Gasteiger partial charge on any atom is 0.172 e. The van der Waals surface area contributed by atoms with E-state index >= 15 is 0 Å². The van der Waals surface area contributed by atoms with E-state index in [2.05, 4.69) is 28.2 Å². The third-order valence-corrected chi connectivity index (χ3v) is 2.95. The number of ether oxygens (including phenoxy) is 1. The van der Waals surface area contributed by atoms with Gasteiger partial charge in [-0.3, -0.25) is 0 Å². The quantitative estimate of drug-likeness (QED) is 0.790. The zero-order valence-electron chi connectivity index (χ0n) is 9.72. The lowest BCUT2D eigenvalue weighted by atomic mass is 10.2. The molecule has 0 bridgehead atoms. The predicted octanol–water partition coefficient (Wildman–Crippen LogP) is 3.05. The van der Waals surface area contributed by atoms with Crippen molar-refractivity contribution < 1.29 is 9.84 Å². The molecule has 1 aromatic carbocycles. The van der Waals surface area contributed by atoms with E-state index in [1.54, 1.807) is 7.11 Å². The standard InChI is InChI=1S/C12H18BrNO2/c1-3-4-5-14-8-9-6-10(13)12(15)11(7-9)16-2/h6-7,14-15H,3-5,8H2,1-2H3. The second-order valence-corrected chi connectivity index (χ2v) is 4.51. The fourth-order valence-electron chi connectivity index (χ4n) is 1.42. The van der Waals surface area contributed by atoms with Crippen LogP contribution in [0.3, 0.4) is 0 Å². The van der Waals surface area contributed by atoms with Crippen LogP contribution < -0.4 is 10.1 Å². The maximum absolute atomic E-state index is 9.64. The first kappa shape index (κ1) is 13.3. The summed E-state index contributed by atoms with van der Waals surface area (Å²) in [4.78, 5) is 0. The van der Waals surface area contributed by atoms with Gasteiger partial charge in [0.25, 0.3) is 0 Å². The molecule has 0 saturated heterocycles. The van der Waals surface area contributed by atoms with Crippen LogP contribution in [0.25, 0.3) is 0 Å². The van der Waals surface area contributed by atoms with Crippen molar-refractivity contribution >= 4 is 15.9 Å². The van der Waals surface area contributed by atoms with Gasteiger partial charge < -0.3 is 15.2 Å². The van der Waals surface area contributed by atoms with Gasteiger partial charge in [0, 0.05) is 6.54 Å². The molecule has 90 valence electrons. The molecule has 0 aliphatic carbocycles. The van der Waals surface area contributed by atoms with Crippen LogP contribution in [0.5, 0.6) is 11.5 Å². The van der Waals surface area contributed by atoms with Crippen molar-refractivity contribution in [1.82, 2.24) is 5.32 Å². The molecule has 0 aromatic heterocycles. The van der Waals surface area contributed by atoms with Gasteiger partial charge in [-0.1, -0.05) is 13.3 Å². The van der Waals surface area contributed by atoms with Crippen LogP contribution >= 0.6 is 15.9 Å². The van der Waals surface area contributed by atoms with Crippen molar-refractivity contribution in [3.63, 3.8) is 0 Å². The molecule has 1 aromatic rings. The molecule has 3 nitrogen and oxygen atoms in total. The second kappa shape index (κ2) is 6.76. The minimum atomic E-state index is 0.153. The monoisotopic (exact) mass is 287 g/mol. The molecule has 0 fully saturated rings. The number of rotatable bonds is 6. The third-order valence-electron chi connectivity index (χ3n) is 2.34. The highest BCUT2D eigenvalue weighted by Crippen LogP contribution is 2.35. The van der Waals surface area contributed by atoms with Crippen molar-refractivity contribution in [3.8, 4) is 11.5 Å². The van der Waals surface area contributed by atoms with Crippen LogP contribution in [0.15, 0.2) is 16.6 Å². The fourth-order valence-corrected chi connectivity index (χ4v) is 1.91. The number of halogens is 1. The number of aromatic hydroxyl groups is 1. The first-order valence-corrected chi connectivity index (χ1v) is 6.24. The van der Waals surface area contributed by atoms with Crippen LogP contribution in [0.1, 0.15) is 25.3 Å². The Morgan fingerprint density at radius 2 is 2.19 bits per heavy atom. The van der Waals surface area contributed by atoms with E-state index in [0.29, 0.717) is 10.2 Å². The number of phenols is 1. The summed E-state index contributed by atoms with van der Waals surface area (Å²) in [6.45, 7) is 3.97. The van der Waals surface area contributed by atoms with Gasteiger partial charge in [-0.2, -0.15) is 0 Å². The smallest absolute Gasteiger partial charge is 0.172 e. The maximum atomic E-state index is 9.64. The summed E-state index contributed by atoms with van der Waals surface area (Å²) in [5.41, 5.74) is 1.10. The van der Waals surface area contributed by atoms with E-state index in [1.807, 2.05) is 12.1 Å². The number of phenolic OH excluding ortho intramolecular Hbond substituents is 1. The van der Waals surface area contributed by atoms with E-state index in [-0.39, 0.29) is 5.75 Å². The zero-order chi connectivity index (χ0) is 12.0. The Morgan fingerprint density at radius 1 is 1.44 bits per heavy atom. The molecule has 1 rings (SSSR count). The van der Waals surface area contributed by atoms with Crippen LogP contribution in [0.2, 0.25) is 0 Å². The van der Waals surface area contributed by atoms with Gasteiger partial charge in [0.1, 0.15) is 0 Å². The molecule has 0 heterocycles. The van der Waals surface area contributed by atoms with Crippen molar-refractivity contribution in [3.05, 3.63) is 22.2 Å². The summed E-state index contributed by atoms with van der Waals surface area (Å²) >= 11 is 3.30. The number of hydrogen-bond donors (Lipinski definition) is 2. The second-order valence-electron chi connectivity index (χ2n) is 3.66. The summed E-state index contributed by atoms with van der Waals surface area (Å²) in [5, 5.41) is 13.0. The third kappa shape index (κ3) is 3.68. The summed E-state index contributed by atoms with van der Waals surface area (Å²) in [5.74, 6) is 0.654. The lowest BCUT2D eigenvalue weighted by molar-refractivity contribution is 0.371. The van der Waals surface area contributed by atoms with Gasteiger partial charge in [0.2, 0.25) is 0 Å². The van der Waals surface area contributed by atoms with Gasteiger partial charge in [0.15, 0.2) is 11.5 Å². The molecule has 0 spiro atoms. The van der Waals surface area contributed by atoms with Gasteiger partial charge >= 0.3 is 0 Å². The number of unbranched alkanes of at least 4 members (excludes halogenated alkanes) is 1. The minimum Gasteiger partial charge on any atom is -0.503 e. The highest BCUT2D eigenvalue weighted by atomic mass is 79.9. The predicted molar refractivity (Wildman–Crippen MR) is 69.0 cm³/mol. The highest BCUT2D eigenvalue weighted by molar-refractivity contribution is 9.10. The van der Waals surface area contributed by atoms with E-state index in [0.717, 1.165) is 18.7 Å². The molecule has 4 heteroatoms. The fraction of sp³-hybridized carbons (Fsp3) is 0.500. The Hall–Kier alpha value is -0.740. The molecule has 0 atom stereocenters. The summed E-state index contributed by atoms with van der Waals surface area (Å²) in [6.07, 6.45) is 2.37. The van der Waals surface area contributed by atoms with Crippen LogP contribution in [-0.4, -0.2) is 18.8 Å². The SMILES string of the molecule is CCCCNCc1cc(Br)c(O)c(OC)c1. The van der Waals surface area contributed by atoms with E-state index in [1.165, 1.54) is 12.8 Å². The average Bonchev–Trinajstić information content (AvgIpc) is 2.29. The van der Waals surface area contributed by atoms with Gasteiger partial charge in [-0.05, 0) is 46.6 Å². The number of hydrogen-bond acceptors (Lipinski definition) is 3. The lowest BCUT2D eigenvalue weighted by Crippen LogP contribution is -2.14. The van der Waals surface area contributed by atoms with Crippen molar-refractivity contribution in [1.29, 1.82) is 0 Å². The summed E-state index contributed by atoms with van der Waals surface area (Å²) < 4.78 is 5.75. The molecule has 0 amide bonds. The van der Waals surface area contributed by atoms with Crippen molar-refractivity contribution in [2.45, 2.75) is 26.3 Å². The summed E-state index contributed by atoms with van der Waals surface area (Å²) in [7, 11) is 1.55. The minimum absolute atomic E-state index is 0.153. The number of benzene rings is 1. The Morgan fingerprint density at radius 3 is 2.81 bits per heavy atom. The lowest BCUT2D eigenvalue weighted by Gasteiger charge is -2.09. The zero-order valence-corrected chi connectivity index (χ0v) is 11.3. The number of methoxy groups -OCH3 is 1. The first-order chi connectivity index (χ1) is 7.69. The molecule has 2 N–H and O–H groups in total. The van der Waals surface area contributed by atoms with Crippen molar-refractivity contribution in [2.75, 3.05) is 13.7 Å². The summed E-state index contributed by atoms with van der Waals surface area (Å²) in [6, 6.07) is 3.75. The van der Waals surface area contributed by atoms with Gasteiger partial charge in [-0.25, -0.2) is 0 Å². The molecule has 0 aliphatic rings. The van der Waals surface area contributed by atoms with Gasteiger partial charge in [0.05, 0.1) is 11.6 Å². The average molecular weight is 288 g/mol. The molecule has 16 heavy (non-hydrogen) atoms. The molecule has 0 radical (unpaired) electrons. The van der Waals surface area contributed by atoms with Crippen LogP contribution in [-0.2, 0) is 6.54 Å². The molecular formula is C12H18BrNO2. The van der Waals surface area contributed by atoms with Crippen molar-refractivity contribution in [2.24, 2.45) is 0 Å². The molecule has 0 saturated carbocycles. The largest absolute Gasteiger partial charge is 0.503 e. The van der Waals surface area contributed by atoms with Crippen LogP contribution in [0, 0.1) is 0 Å². The molecular weight excluding hydrogens is 270 g/mol. The van der Waals surface area contributed by atoms with E-state index in [9.17, 15) is 5.11 Å². The normalized spacial score (nSPS) is 10.4. The van der Waals surface area contributed by atoms with Gasteiger partial charge in [-0.15, -0.1) is 0 Å². The molecule has 0 aliphatic heterocycles. The Balaban J connectivity index is 2.63. The Labute approximate surface area is 105 Å². The van der Waals surface area contributed by atoms with Crippen LogP contribution in [0.4, 0.5) is 0 Å². The number of nitrogens with one attached hydrogen (secondary N) is 1. The van der Waals surface area contributed by atoms with E-state index < -0.39 is 0 Å². The Bertz CT molecular complexity index is 342. The first-order valence-electron chi connectivity index (χ1n) is 5.45. The topological polar surface area (TPSA) is 41.5 Å².